The zero-order valence-corrected chi connectivity index (χ0v) is 16.4. The number of anilines is 1. The van der Waals surface area contributed by atoms with Crippen molar-refractivity contribution < 1.29 is 17.9 Å². The number of benzene rings is 2. The third-order valence-corrected chi connectivity index (χ3v) is 5.37. The average molecular weight is 400 g/mol. The summed E-state index contributed by atoms with van der Waals surface area (Å²) in [6, 6.07) is 11.7. The fraction of sp³-hybridized carbons (Fsp3) is 0.158. The van der Waals surface area contributed by atoms with Crippen molar-refractivity contribution in [3.63, 3.8) is 0 Å². The zero-order chi connectivity index (χ0) is 20.5. The standard InChI is InChI=1S/C19H20N4O4S/c1-11-5-4-6-14(12(11)2)21-19(24)16-10-15(22-23-16)13-7-8-17(27-3)18(9-13)28(20,25)26/h4-10H,1-3H3,(H,21,24)(H,22,23)(H2,20,25,26). The van der Waals surface area contributed by atoms with Crippen molar-refractivity contribution in [2.45, 2.75) is 18.7 Å². The number of nitrogens with zero attached hydrogens (tertiary/aromatic N) is 1. The number of sulfonamides is 1. The number of carbonyl (C=O) groups is 1. The van der Waals surface area contributed by atoms with Gasteiger partial charge in [0.25, 0.3) is 5.91 Å². The fourth-order valence-corrected chi connectivity index (χ4v) is 3.44. The molecule has 2 aromatic carbocycles. The Hall–Kier alpha value is -3.17. The summed E-state index contributed by atoms with van der Waals surface area (Å²) >= 11 is 0. The first kappa shape index (κ1) is 19.6. The highest BCUT2D eigenvalue weighted by Crippen LogP contribution is 2.29. The highest BCUT2D eigenvalue weighted by atomic mass is 32.2. The van der Waals surface area contributed by atoms with Crippen LogP contribution in [0.3, 0.4) is 0 Å². The van der Waals surface area contributed by atoms with E-state index in [2.05, 4.69) is 15.5 Å². The molecule has 9 heteroatoms. The Kier molecular flexibility index (Phi) is 5.21. The van der Waals surface area contributed by atoms with Crippen LogP contribution in [0.15, 0.2) is 47.4 Å². The van der Waals surface area contributed by atoms with Crippen LogP contribution < -0.4 is 15.2 Å². The molecule has 0 unspecified atom stereocenters. The largest absolute Gasteiger partial charge is 0.495 e. The normalized spacial score (nSPS) is 11.3. The molecule has 3 rings (SSSR count). The van der Waals surface area contributed by atoms with Gasteiger partial charge in [0.15, 0.2) is 0 Å². The van der Waals surface area contributed by atoms with Gasteiger partial charge < -0.3 is 10.1 Å². The van der Waals surface area contributed by atoms with Crippen molar-refractivity contribution in [2.75, 3.05) is 12.4 Å². The number of amides is 1. The molecule has 0 saturated carbocycles. The molecule has 0 fully saturated rings. The van der Waals surface area contributed by atoms with Crippen LogP contribution in [0.25, 0.3) is 11.3 Å². The van der Waals surface area contributed by atoms with Crippen molar-refractivity contribution in [1.29, 1.82) is 0 Å². The van der Waals surface area contributed by atoms with Crippen LogP contribution in [0.5, 0.6) is 5.75 Å². The van der Waals surface area contributed by atoms with E-state index in [4.69, 9.17) is 9.88 Å². The lowest BCUT2D eigenvalue weighted by atomic mass is 10.1. The molecule has 0 bridgehead atoms. The minimum atomic E-state index is -3.98. The predicted molar refractivity (Wildman–Crippen MR) is 106 cm³/mol. The van der Waals surface area contributed by atoms with Crippen LogP contribution in [-0.4, -0.2) is 31.6 Å². The molecule has 0 saturated heterocycles. The number of ether oxygens (including phenoxy) is 1. The molecule has 146 valence electrons. The van der Waals surface area contributed by atoms with Crippen LogP contribution in [-0.2, 0) is 10.0 Å². The number of aromatic amines is 1. The molecule has 1 aromatic heterocycles. The summed E-state index contributed by atoms with van der Waals surface area (Å²) in [5.74, 6) is -0.220. The molecule has 0 aliphatic rings. The number of nitrogens with two attached hydrogens (primary N) is 1. The van der Waals surface area contributed by atoms with Crippen LogP contribution >= 0.6 is 0 Å². The van der Waals surface area contributed by atoms with Crippen LogP contribution in [0.2, 0.25) is 0 Å². The number of hydrogen-bond acceptors (Lipinski definition) is 5. The van der Waals surface area contributed by atoms with Gasteiger partial charge >= 0.3 is 0 Å². The summed E-state index contributed by atoms with van der Waals surface area (Å²) in [6.07, 6.45) is 0. The zero-order valence-electron chi connectivity index (χ0n) is 15.6. The molecule has 8 nitrogen and oxygen atoms in total. The monoisotopic (exact) mass is 400 g/mol. The molecule has 0 atom stereocenters. The lowest BCUT2D eigenvalue weighted by Gasteiger charge is -2.09. The molecule has 0 spiro atoms. The molecule has 28 heavy (non-hydrogen) atoms. The molecule has 0 radical (unpaired) electrons. The second-order valence-corrected chi connectivity index (χ2v) is 7.81. The summed E-state index contributed by atoms with van der Waals surface area (Å²) in [6.45, 7) is 3.89. The Bertz CT molecular complexity index is 1150. The van der Waals surface area contributed by atoms with E-state index in [0.717, 1.165) is 11.1 Å². The van der Waals surface area contributed by atoms with Gasteiger partial charge in [0.2, 0.25) is 10.0 Å². The predicted octanol–water partition coefficient (Wildman–Crippen LogP) is 2.60. The molecular weight excluding hydrogens is 380 g/mol. The van der Waals surface area contributed by atoms with E-state index in [9.17, 15) is 13.2 Å². The van der Waals surface area contributed by atoms with Gasteiger partial charge in [0, 0.05) is 11.3 Å². The van der Waals surface area contributed by atoms with Crippen molar-refractivity contribution in [1.82, 2.24) is 10.2 Å². The summed E-state index contributed by atoms with van der Waals surface area (Å²) in [4.78, 5) is 12.4. The highest BCUT2D eigenvalue weighted by molar-refractivity contribution is 7.89. The molecule has 0 aliphatic heterocycles. The summed E-state index contributed by atoms with van der Waals surface area (Å²) in [5.41, 5.74) is 3.87. The van der Waals surface area contributed by atoms with Gasteiger partial charge in [-0.15, -0.1) is 0 Å². The van der Waals surface area contributed by atoms with Crippen molar-refractivity contribution in [3.8, 4) is 17.0 Å². The number of hydrogen-bond donors (Lipinski definition) is 3. The number of methoxy groups -OCH3 is 1. The topological polar surface area (TPSA) is 127 Å². The SMILES string of the molecule is COc1ccc(-c2cc(C(=O)Nc3cccc(C)c3C)[nH]n2)cc1S(N)(=O)=O. The molecule has 1 amide bonds. The van der Waals surface area contributed by atoms with Gasteiger partial charge in [0.05, 0.1) is 12.8 Å². The van der Waals surface area contributed by atoms with E-state index in [1.807, 2.05) is 32.0 Å². The maximum Gasteiger partial charge on any atom is 0.273 e. The summed E-state index contributed by atoms with van der Waals surface area (Å²) in [5, 5.41) is 14.9. The number of nitrogens with one attached hydrogen (secondary N) is 2. The Balaban J connectivity index is 1.90. The van der Waals surface area contributed by atoms with Gasteiger partial charge in [-0.05, 0) is 55.3 Å². The average Bonchev–Trinajstić information content (AvgIpc) is 3.14. The van der Waals surface area contributed by atoms with Crippen LogP contribution in [0.1, 0.15) is 21.6 Å². The third-order valence-electron chi connectivity index (χ3n) is 4.44. The quantitative estimate of drug-likeness (QED) is 0.607. The van der Waals surface area contributed by atoms with E-state index >= 15 is 0 Å². The van der Waals surface area contributed by atoms with Gasteiger partial charge in [-0.1, -0.05) is 12.1 Å². The number of primary sulfonamides is 1. The molecule has 4 N–H and O–H groups in total. The number of aryl methyl sites for hydroxylation is 1. The number of rotatable bonds is 5. The first-order chi connectivity index (χ1) is 13.2. The van der Waals surface area contributed by atoms with E-state index < -0.39 is 10.0 Å². The Morgan fingerprint density at radius 1 is 1.18 bits per heavy atom. The summed E-state index contributed by atoms with van der Waals surface area (Å²) in [7, 11) is -2.62. The van der Waals surface area contributed by atoms with Gasteiger partial charge in [-0.25, -0.2) is 13.6 Å². The molecular formula is C19H20N4O4S. The lowest BCUT2D eigenvalue weighted by molar-refractivity contribution is 0.102. The van der Waals surface area contributed by atoms with E-state index in [1.54, 1.807) is 6.07 Å². The van der Waals surface area contributed by atoms with E-state index in [-0.39, 0.29) is 22.2 Å². The van der Waals surface area contributed by atoms with Crippen LogP contribution in [0, 0.1) is 13.8 Å². The number of H-pyrrole nitrogens is 1. The van der Waals surface area contributed by atoms with Gasteiger partial charge in [-0.3, -0.25) is 9.89 Å². The highest BCUT2D eigenvalue weighted by Gasteiger charge is 2.18. The second-order valence-electron chi connectivity index (χ2n) is 6.28. The number of carbonyl (C=O) groups excluding carboxylic acids is 1. The van der Waals surface area contributed by atoms with Crippen molar-refractivity contribution in [3.05, 3.63) is 59.3 Å². The lowest BCUT2D eigenvalue weighted by Crippen LogP contribution is -2.13. The second kappa shape index (κ2) is 7.45. The Labute approximate surface area is 162 Å². The first-order valence-corrected chi connectivity index (χ1v) is 9.89. The molecule has 1 heterocycles. The molecule has 0 aliphatic carbocycles. The smallest absolute Gasteiger partial charge is 0.273 e. The van der Waals surface area contributed by atoms with Crippen LogP contribution in [0.4, 0.5) is 5.69 Å². The fourth-order valence-electron chi connectivity index (χ4n) is 2.72. The summed E-state index contributed by atoms with van der Waals surface area (Å²) < 4.78 is 28.6. The minimum Gasteiger partial charge on any atom is -0.495 e. The Morgan fingerprint density at radius 2 is 1.93 bits per heavy atom. The maximum absolute atomic E-state index is 12.5. The maximum atomic E-state index is 12.5. The third kappa shape index (κ3) is 3.90. The molecule has 3 aromatic rings. The van der Waals surface area contributed by atoms with Crippen molar-refractivity contribution in [2.24, 2.45) is 5.14 Å². The number of aromatic nitrogens is 2. The van der Waals surface area contributed by atoms with Gasteiger partial charge in [-0.2, -0.15) is 5.10 Å². The Morgan fingerprint density at radius 3 is 2.61 bits per heavy atom. The minimum absolute atomic E-state index is 0.134. The van der Waals surface area contributed by atoms with E-state index in [0.29, 0.717) is 16.9 Å². The first-order valence-electron chi connectivity index (χ1n) is 8.35. The van der Waals surface area contributed by atoms with E-state index in [1.165, 1.54) is 25.3 Å². The van der Waals surface area contributed by atoms with Crippen molar-refractivity contribution >= 4 is 21.6 Å². The van der Waals surface area contributed by atoms with Gasteiger partial charge in [0.1, 0.15) is 16.3 Å².